The molecule has 5 nitrogen and oxygen atoms in total. The summed E-state index contributed by atoms with van der Waals surface area (Å²) in [5.74, 6) is -0.829. The van der Waals surface area contributed by atoms with Crippen LogP contribution in [0, 0.1) is 5.82 Å². The zero-order valence-electron chi connectivity index (χ0n) is 15.8. The van der Waals surface area contributed by atoms with E-state index in [0.717, 1.165) is 25.7 Å². The molecule has 0 aliphatic rings. The Hall–Kier alpha value is -2.80. The van der Waals surface area contributed by atoms with E-state index in [1.54, 1.807) is 24.3 Å². The molecule has 3 N–H and O–H groups in total. The fourth-order valence-electron chi connectivity index (χ4n) is 2.54. The Kier molecular flexibility index (Phi) is 8.55. The number of unbranched alkanes of at least 4 members (excludes halogenated alkanes) is 3. The fraction of sp³-hybridized carbons (Fsp3) is 0.286. The molecule has 148 valence electrons. The van der Waals surface area contributed by atoms with E-state index in [4.69, 9.17) is 12.2 Å². The molecule has 0 bridgehead atoms. The van der Waals surface area contributed by atoms with Gasteiger partial charge in [-0.05, 0) is 61.1 Å². The van der Waals surface area contributed by atoms with Crippen molar-refractivity contribution < 1.29 is 14.0 Å². The molecular weight excluding hydrogens is 377 g/mol. The summed E-state index contributed by atoms with van der Waals surface area (Å²) < 4.78 is 13.0. The quantitative estimate of drug-likeness (QED) is 0.436. The van der Waals surface area contributed by atoms with E-state index in [2.05, 4.69) is 22.9 Å². The molecule has 0 saturated carbocycles. The van der Waals surface area contributed by atoms with Crippen molar-refractivity contribution >= 4 is 40.5 Å². The SMILES string of the molecule is CCCCCCC(=O)NC(=S)Nc1cccc(C(=O)Nc2ccc(F)cc2)c1. The molecule has 0 aliphatic carbocycles. The summed E-state index contributed by atoms with van der Waals surface area (Å²) in [6, 6.07) is 12.2. The van der Waals surface area contributed by atoms with E-state index in [1.165, 1.54) is 24.3 Å². The van der Waals surface area contributed by atoms with Crippen molar-refractivity contribution in [1.29, 1.82) is 0 Å². The average molecular weight is 402 g/mol. The standard InChI is InChI=1S/C21H24FN3O2S/c1-2-3-4-5-9-19(26)25-21(28)24-18-8-6-7-15(14-18)20(27)23-17-12-10-16(22)11-13-17/h6-8,10-14H,2-5,9H2,1H3,(H,23,27)(H2,24,25,26,28). The summed E-state index contributed by atoms with van der Waals surface area (Å²) in [4.78, 5) is 24.2. The Morgan fingerprint density at radius 1 is 0.964 bits per heavy atom. The molecule has 0 spiro atoms. The highest BCUT2D eigenvalue weighted by Gasteiger charge is 2.09. The van der Waals surface area contributed by atoms with Gasteiger partial charge in [0.15, 0.2) is 5.11 Å². The van der Waals surface area contributed by atoms with Gasteiger partial charge < -0.3 is 16.0 Å². The van der Waals surface area contributed by atoms with Crippen molar-refractivity contribution in [3.05, 3.63) is 59.9 Å². The molecule has 0 saturated heterocycles. The first-order valence-corrected chi connectivity index (χ1v) is 9.66. The molecular formula is C21H24FN3O2S. The van der Waals surface area contributed by atoms with Crippen LogP contribution in [-0.2, 0) is 4.79 Å². The summed E-state index contributed by atoms with van der Waals surface area (Å²) in [5, 5.41) is 8.44. The summed E-state index contributed by atoms with van der Waals surface area (Å²) in [7, 11) is 0. The van der Waals surface area contributed by atoms with Crippen LogP contribution in [-0.4, -0.2) is 16.9 Å². The van der Waals surface area contributed by atoms with Crippen molar-refractivity contribution in [1.82, 2.24) is 5.32 Å². The van der Waals surface area contributed by atoms with Crippen LogP contribution in [0.3, 0.4) is 0 Å². The van der Waals surface area contributed by atoms with Gasteiger partial charge in [0.25, 0.3) is 5.91 Å². The molecule has 2 aromatic carbocycles. The normalized spacial score (nSPS) is 10.2. The maximum Gasteiger partial charge on any atom is 0.255 e. The van der Waals surface area contributed by atoms with Crippen molar-refractivity contribution in [2.45, 2.75) is 39.0 Å². The van der Waals surface area contributed by atoms with Crippen molar-refractivity contribution in [2.24, 2.45) is 0 Å². The van der Waals surface area contributed by atoms with E-state index >= 15 is 0 Å². The van der Waals surface area contributed by atoms with Crippen LogP contribution in [0.5, 0.6) is 0 Å². The molecule has 0 aromatic heterocycles. The lowest BCUT2D eigenvalue weighted by atomic mass is 10.1. The fourth-order valence-corrected chi connectivity index (χ4v) is 2.77. The Labute approximate surface area is 169 Å². The Morgan fingerprint density at radius 3 is 2.43 bits per heavy atom. The minimum absolute atomic E-state index is 0.126. The highest BCUT2D eigenvalue weighted by Crippen LogP contribution is 2.14. The van der Waals surface area contributed by atoms with Crippen LogP contribution in [0.4, 0.5) is 15.8 Å². The first-order chi connectivity index (χ1) is 13.5. The molecule has 0 radical (unpaired) electrons. The molecule has 7 heteroatoms. The number of hydrogen-bond donors (Lipinski definition) is 3. The van der Waals surface area contributed by atoms with Gasteiger partial charge in [0.2, 0.25) is 5.91 Å². The van der Waals surface area contributed by atoms with Crippen LogP contribution in [0.15, 0.2) is 48.5 Å². The van der Waals surface area contributed by atoms with Crippen molar-refractivity contribution in [3.63, 3.8) is 0 Å². The van der Waals surface area contributed by atoms with Gasteiger partial charge in [-0.1, -0.05) is 32.3 Å². The maximum absolute atomic E-state index is 13.0. The molecule has 28 heavy (non-hydrogen) atoms. The zero-order valence-corrected chi connectivity index (χ0v) is 16.6. The minimum Gasteiger partial charge on any atom is -0.332 e. The van der Waals surface area contributed by atoms with E-state index in [9.17, 15) is 14.0 Å². The molecule has 0 heterocycles. The minimum atomic E-state index is -0.370. The third-order valence-corrected chi connectivity index (χ3v) is 4.20. The smallest absolute Gasteiger partial charge is 0.255 e. The number of carbonyl (C=O) groups excluding carboxylic acids is 2. The average Bonchev–Trinajstić information content (AvgIpc) is 2.67. The van der Waals surface area contributed by atoms with Crippen molar-refractivity contribution in [2.75, 3.05) is 10.6 Å². The third-order valence-electron chi connectivity index (χ3n) is 4.00. The van der Waals surface area contributed by atoms with Crippen LogP contribution in [0.2, 0.25) is 0 Å². The number of anilines is 2. The Balaban J connectivity index is 1.87. The second kappa shape index (κ2) is 11.1. The monoisotopic (exact) mass is 401 g/mol. The van der Waals surface area contributed by atoms with Gasteiger partial charge in [0, 0.05) is 23.4 Å². The van der Waals surface area contributed by atoms with Crippen molar-refractivity contribution in [3.8, 4) is 0 Å². The largest absolute Gasteiger partial charge is 0.332 e. The molecule has 0 aliphatic heterocycles. The van der Waals surface area contributed by atoms with Gasteiger partial charge in [0.05, 0.1) is 0 Å². The highest BCUT2D eigenvalue weighted by atomic mass is 32.1. The molecule has 2 amide bonds. The molecule has 0 fully saturated rings. The number of amides is 2. The molecule has 2 aromatic rings. The summed E-state index contributed by atoms with van der Waals surface area (Å²) >= 11 is 5.16. The van der Waals surface area contributed by atoms with Gasteiger partial charge >= 0.3 is 0 Å². The van der Waals surface area contributed by atoms with Gasteiger partial charge in [-0.2, -0.15) is 0 Å². The van der Waals surface area contributed by atoms with Gasteiger partial charge in [-0.25, -0.2) is 4.39 Å². The van der Waals surface area contributed by atoms with Crippen LogP contribution in [0.25, 0.3) is 0 Å². The maximum atomic E-state index is 13.0. The van der Waals surface area contributed by atoms with Crippen LogP contribution >= 0.6 is 12.2 Å². The summed E-state index contributed by atoms with van der Waals surface area (Å²) in [5.41, 5.74) is 1.49. The predicted molar refractivity (Wildman–Crippen MR) is 114 cm³/mol. The van der Waals surface area contributed by atoms with E-state index in [1.807, 2.05) is 0 Å². The summed E-state index contributed by atoms with van der Waals surface area (Å²) in [6.45, 7) is 2.12. The number of carbonyl (C=O) groups is 2. The first-order valence-electron chi connectivity index (χ1n) is 9.25. The predicted octanol–water partition coefficient (Wildman–Crippen LogP) is 4.86. The number of nitrogens with one attached hydrogen (secondary N) is 3. The number of thiocarbonyl (C=S) groups is 1. The Morgan fingerprint density at radius 2 is 1.71 bits per heavy atom. The highest BCUT2D eigenvalue weighted by molar-refractivity contribution is 7.80. The number of halogens is 1. The third kappa shape index (κ3) is 7.44. The topological polar surface area (TPSA) is 70.2 Å². The Bertz CT molecular complexity index is 825. The summed E-state index contributed by atoms with van der Waals surface area (Å²) in [6.07, 6.45) is 4.52. The van der Waals surface area contributed by atoms with E-state index < -0.39 is 0 Å². The second-order valence-corrected chi connectivity index (χ2v) is 6.76. The lowest BCUT2D eigenvalue weighted by Crippen LogP contribution is -2.34. The van der Waals surface area contributed by atoms with E-state index in [0.29, 0.717) is 23.4 Å². The van der Waals surface area contributed by atoms with Crippen LogP contribution in [0.1, 0.15) is 49.4 Å². The lowest BCUT2D eigenvalue weighted by molar-refractivity contribution is -0.119. The van der Waals surface area contributed by atoms with E-state index in [-0.39, 0.29) is 22.7 Å². The molecule has 0 unspecified atom stereocenters. The van der Waals surface area contributed by atoms with Crippen LogP contribution < -0.4 is 16.0 Å². The first kappa shape index (κ1) is 21.5. The number of rotatable bonds is 8. The second-order valence-electron chi connectivity index (χ2n) is 6.35. The van der Waals surface area contributed by atoms with Gasteiger partial charge in [-0.3, -0.25) is 9.59 Å². The van der Waals surface area contributed by atoms with Gasteiger partial charge in [-0.15, -0.1) is 0 Å². The number of benzene rings is 2. The number of hydrogen-bond acceptors (Lipinski definition) is 3. The molecule has 0 atom stereocenters. The van der Waals surface area contributed by atoms with Gasteiger partial charge in [0.1, 0.15) is 5.82 Å². The molecule has 2 rings (SSSR count). The lowest BCUT2D eigenvalue weighted by Gasteiger charge is -2.11. The zero-order chi connectivity index (χ0) is 20.4.